The number of rotatable bonds is 0. The minimum absolute atomic E-state index is 0. The Morgan fingerprint density at radius 2 is 0.667 bits per heavy atom. The highest BCUT2D eigenvalue weighted by molar-refractivity contribution is 4.03. The second-order valence-corrected chi connectivity index (χ2v) is 0. The third-order valence-electron chi connectivity index (χ3n) is 0. The fraction of sp³-hybridized carbons (Fsp3) is 0. The standard InChI is InChI=1S/CHN.4BrH/c1-2;;;;/h1H;4*1H/p-4. The van der Waals surface area contributed by atoms with Crippen molar-refractivity contribution in [3.63, 3.8) is 0 Å². The van der Waals surface area contributed by atoms with Crippen LogP contribution in [0.25, 0.3) is 0 Å². The highest BCUT2D eigenvalue weighted by Crippen LogP contribution is 0.586. The zero-order valence-electron chi connectivity index (χ0n) is 2.54. The molecule has 0 amide bonds. The largest absolute Gasteiger partial charge is 1.00 e. The van der Waals surface area contributed by atoms with Crippen LogP contribution in [0.3, 0.4) is 0 Å². The maximum atomic E-state index is 6.50. The van der Waals surface area contributed by atoms with Gasteiger partial charge in [-0.3, -0.25) is 0 Å². The molecule has 0 aromatic heterocycles. The fourth-order valence-electron chi connectivity index (χ4n) is 0. The summed E-state index contributed by atoms with van der Waals surface area (Å²) >= 11 is 0. The van der Waals surface area contributed by atoms with Crippen LogP contribution in [0.1, 0.15) is 0 Å². The minimum Gasteiger partial charge on any atom is -1.00 e. The molecule has 0 spiro atoms. The maximum absolute atomic E-state index is 6.50. The van der Waals surface area contributed by atoms with E-state index in [-0.39, 0.29) is 67.9 Å². The summed E-state index contributed by atoms with van der Waals surface area (Å²) in [5.74, 6) is 0. The Morgan fingerprint density at radius 3 is 0.667 bits per heavy atom. The van der Waals surface area contributed by atoms with Crippen LogP contribution in [0.4, 0.5) is 0 Å². The first-order valence-electron chi connectivity index (χ1n) is 0.258. The normalized spacial score (nSPS) is 0.333. The molecule has 0 aliphatic carbocycles. The van der Waals surface area contributed by atoms with E-state index in [9.17, 15) is 0 Å². The lowest BCUT2D eigenvalue weighted by molar-refractivity contribution is -0.00100. The highest BCUT2D eigenvalue weighted by atomic mass is 79.9. The van der Waals surface area contributed by atoms with Gasteiger partial charge < -0.3 is 67.9 Å². The smallest absolute Gasteiger partial charge is 0.0462 e. The van der Waals surface area contributed by atoms with Gasteiger partial charge in [0.05, 0.1) is 0 Å². The lowest BCUT2D eigenvalue weighted by Gasteiger charge is -1.00. The summed E-state index contributed by atoms with van der Waals surface area (Å²) in [4.78, 5) is 0. The zero-order chi connectivity index (χ0) is 2.00. The molecule has 42 valence electrons. The summed E-state index contributed by atoms with van der Waals surface area (Å²) in [7, 11) is 0. The van der Waals surface area contributed by atoms with Gasteiger partial charge in [-0.1, -0.05) is 0 Å². The van der Waals surface area contributed by atoms with Gasteiger partial charge in [-0.05, 0) is 0 Å². The summed E-state index contributed by atoms with van der Waals surface area (Å²) < 4.78 is 0. The molecule has 0 heterocycles. The molecule has 0 fully saturated rings. The Hall–Kier alpha value is 1.41. The fourth-order valence-corrected chi connectivity index (χ4v) is 0. The van der Waals surface area contributed by atoms with Crippen LogP contribution >= 0.6 is 0 Å². The second-order valence-electron chi connectivity index (χ2n) is 0. The molecule has 5 heteroatoms. The van der Waals surface area contributed by atoms with Crippen molar-refractivity contribution in [3.8, 4) is 6.57 Å². The Bertz CT molecular complexity index is 12.3. The average Bonchev–Trinajstić information content (AvgIpc) is 1.00. The third kappa shape index (κ3) is 52.9. The molecule has 0 N–H and O–H groups in total. The number of nitriles is 1. The van der Waals surface area contributed by atoms with Crippen LogP contribution in [0.2, 0.25) is 0 Å². The molecule has 0 bridgehead atoms. The van der Waals surface area contributed by atoms with Gasteiger partial charge in [0.15, 0.2) is 0 Å². The predicted molar refractivity (Wildman–Crippen MR) is 6.67 cm³/mol. The van der Waals surface area contributed by atoms with E-state index in [0.29, 0.717) is 0 Å². The van der Waals surface area contributed by atoms with Gasteiger partial charge in [0.25, 0.3) is 0 Å². The van der Waals surface area contributed by atoms with Crippen LogP contribution in [0.5, 0.6) is 0 Å². The Labute approximate surface area is 79.2 Å². The monoisotopic (exact) mass is 343 g/mol. The molecular weight excluding hydrogens is 346 g/mol. The molecule has 0 aliphatic heterocycles. The van der Waals surface area contributed by atoms with Gasteiger partial charge in [0, 0.05) is 6.57 Å². The Morgan fingerprint density at radius 1 is 0.667 bits per heavy atom. The minimum atomic E-state index is 0. The van der Waals surface area contributed by atoms with Gasteiger partial charge in [-0.25, -0.2) is 5.26 Å². The van der Waals surface area contributed by atoms with Gasteiger partial charge in [-0.2, -0.15) is 0 Å². The average molecular weight is 347 g/mol. The van der Waals surface area contributed by atoms with Crippen LogP contribution < -0.4 is 67.9 Å². The summed E-state index contributed by atoms with van der Waals surface area (Å²) in [6.07, 6.45) is 0. The molecule has 0 atom stereocenters. The molecule has 6 heavy (non-hydrogen) atoms. The molecule has 0 saturated heterocycles. The van der Waals surface area contributed by atoms with E-state index in [1.807, 2.05) is 0 Å². The molecular formula is CHBr4N-4. The zero-order valence-corrected chi connectivity index (χ0v) is 8.88. The molecule has 0 saturated carbocycles. The second kappa shape index (κ2) is 94.4. The van der Waals surface area contributed by atoms with Crippen molar-refractivity contribution in [2.45, 2.75) is 0 Å². The molecule has 0 aromatic rings. The quantitative estimate of drug-likeness (QED) is 0.427. The van der Waals surface area contributed by atoms with Gasteiger partial charge >= 0.3 is 0 Å². The van der Waals surface area contributed by atoms with E-state index in [1.165, 1.54) is 0 Å². The van der Waals surface area contributed by atoms with Gasteiger partial charge in [-0.15, -0.1) is 0 Å². The summed E-state index contributed by atoms with van der Waals surface area (Å²) in [5.41, 5.74) is 0. The Balaban J connectivity index is -0.000000000833. The van der Waals surface area contributed by atoms with E-state index < -0.39 is 0 Å². The first kappa shape index (κ1) is 52.4. The number of halogens is 4. The summed E-state index contributed by atoms with van der Waals surface area (Å²) in [6, 6.07) is 0. The van der Waals surface area contributed by atoms with E-state index in [4.69, 9.17) is 5.26 Å². The topological polar surface area (TPSA) is 23.8 Å². The van der Waals surface area contributed by atoms with E-state index in [1.54, 1.807) is 0 Å². The molecule has 0 unspecified atom stereocenters. The van der Waals surface area contributed by atoms with Gasteiger partial charge in [0.1, 0.15) is 0 Å². The van der Waals surface area contributed by atoms with Crippen LogP contribution in [0, 0.1) is 11.8 Å². The molecule has 1 nitrogen and oxygen atoms in total. The van der Waals surface area contributed by atoms with Crippen LogP contribution in [-0.2, 0) is 0 Å². The van der Waals surface area contributed by atoms with Crippen molar-refractivity contribution in [3.05, 3.63) is 0 Å². The molecule has 0 radical (unpaired) electrons. The highest BCUT2D eigenvalue weighted by Gasteiger charge is 0.513. The SMILES string of the molecule is C#N.[Br-].[Br-].[Br-].[Br-]. The summed E-state index contributed by atoms with van der Waals surface area (Å²) in [6.45, 7) is 3.50. The lowest BCUT2D eigenvalue weighted by atomic mass is 11.9. The van der Waals surface area contributed by atoms with Crippen molar-refractivity contribution in [2.24, 2.45) is 0 Å². The van der Waals surface area contributed by atoms with E-state index in [2.05, 4.69) is 6.57 Å². The van der Waals surface area contributed by atoms with E-state index in [0.717, 1.165) is 0 Å². The predicted octanol–water partition coefficient (Wildman–Crippen LogP) is -11.8. The van der Waals surface area contributed by atoms with E-state index >= 15 is 0 Å². The first-order chi connectivity index (χ1) is 1.00. The number of nitrogens with zero attached hydrogens (tertiary/aromatic N) is 1. The Kier molecular flexibility index (Phi) is 824. The lowest BCUT2D eigenvalue weighted by Crippen LogP contribution is -3.00. The molecule has 0 aromatic carbocycles. The van der Waals surface area contributed by atoms with Crippen LogP contribution in [-0.4, -0.2) is 0 Å². The van der Waals surface area contributed by atoms with Crippen molar-refractivity contribution in [2.75, 3.05) is 0 Å². The van der Waals surface area contributed by atoms with Gasteiger partial charge in [0.2, 0.25) is 0 Å². The third-order valence-corrected chi connectivity index (χ3v) is 0. The maximum Gasteiger partial charge on any atom is 0.0462 e. The molecule has 0 aliphatic rings. The van der Waals surface area contributed by atoms with Crippen molar-refractivity contribution in [1.29, 1.82) is 5.26 Å². The van der Waals surface area contributed by atoms with Crippen molar-refractivity contribution < 1.29 is 67.9 Å². The summed E-state index contributed by atoms with van der Waals surface area (Å²) in [5, 5.41) is 6.50. The number of hydrogen-bond acceptors (Lipinski definition) is 1. The van der Waals surface area contributed by atoms with Crippen molar-refractivity contribution in [1.82, 2.24) is 0 Å². The number of hydrogen-bond donors (Lipinski definition) is 0. The first-order valence-corrected chi connectivity index (χ1v) is 0.258. The molecule has 0 rings (SSSR count). The van der Waals surface area contributed by atoms with Crippen LogP contribution in [0.15, 0.2) is 0 Å². The van der Waals surface area contributed by atoms with Crippen molar-refractivity contribution >= 4 is 0 Å².